The molecule has 3 aromatic rings. The average molecular weight is 530 g/mol. The predicted octanol–water partition coefficient (Wildman–Crippen LogP) is 6.06. The zero-order chi connectivity index (χ0) is 28.1. The first-order valence-electron chi connectivity index (χ1n) is 13.1. The van der Waals surface area contributed by atoms with Crippen LogP contribution in [0.1, 0.15) is 49.1 Å². The maximum Gasteiger partial charge on any atom is 0.295 e. The number of carbonyl (C=O) groups is 2. The van der Waals surface area contributed by atoms with Gasteiger partial charge in [0.25, 0.3) is 11.7 Å². The van der Waals surface area contributed by atoms with Crippen LogP contribution in [0.5, 0.6) is 17.2 Å². The first kappa shape index (κ1) is 27.8. The molecule has 1 fully saturated rings. The molecule has 0 aliphatic carbocycles. The van der Waals surface area contributed by atoms with Crippen molar-refractivity contribution < 1.29 is 28.9 Å². The highest BCUT2D eigenvalue weighted by Gasteiger charge is 2.46. The van der Waals surface area contributed by atoms with Gasteiger partial charge in [0.05, 0.1) is 31.9 Å². The molecule has 1 saturated heterocycles. The third kappa shape index (κ3) is 6.08. The minimum absolute atomic E-state index is 0.0475. The molecule has 1 unspecified atom stereocenters. The summed E-state index contributed by atoms with van der Waals surface area (Å²) in [4.78, 5) is 28.3. The number of ether oxygens (including phenoxy) is 3. The molecule has 0 bridgehead atoms. The summed E-state index contributed by atoms with van der Waals surface area (Å²) in [5, 5.41) is 11.5. The van der Waals surface area contributed by atoms with Gasteiger partial charge in [-0.05, 0) is 78.9 Å². The molecular weight excluding hydrogens is 494 g/mol. The Bertz CT molecular complexity index is 1360. The van der Waals surface area contributed by atoms with Gasteiger partial charge in [-0.1, -0.05) is 38.1 Å². The highest BCUT2D eigenvalue weighted by Crippen LogP contribution is 2.41. The summed E-state index contributed by atoms with van der Waals surface area (Å²) in [6.07, 6.45) is 0. The number of rotatable bonds is 10. The number of likely N-dealkylation sites (tertiary alicyclic amines) is 1. The van der Waals surface area contributed by atoms with Gasteiger partial charge >= 0.3 is 0 Å². The summed E-state index contributed by atoms with van der Waals surface area (Å²) in [6, 6.07) is 19.1. The van der Waals surface area contributed by atoms with Gasteiger partial charge in [-0.15, -0.1) is 0 Å². The summed E-state index contributed by atoms with van der Waals surface area (Å²) in [5.74, 6) is 0.844. The lowest BCUT2D eigenvalue weighted by Crippen LogP contribution is -2.29. The van der Waals surface area contributed by atoms with Gasteiger partial charge in [-0.3, -0.25) is 9.59 Å². The Hall–Kier alpha value is -4.26. The molecule has 4 rings (SSSR count). The molecule has 1 amide bonds. The number of benzene rings is 3. The molecule has 0 saturated carbocycles. The number of carbonyl (C=O) groups excluding carboxylic acids is 2. The fourth-order valence-electron chi connectivity index (χ4n) is 4.60. The lowest BCUT2D eigenvalue weighted by atomic mass is 9.94. The van der Waals surface area contributed by atoms with Crippen molar-refractivity contribution in [3.05, 3.63) is 94.6 Å². The summed E-state index contributed by atoms with van der Waals surface area (Å²) >= 11 is 0. The summed E-state index contributed by atoms with van der Waals surface area (Å²) in [5.41, 5.74) is 2.84. The van der Waals surface area contributed by atoms with E-state index in [4.69, 9.17) is 14.2 Å². The molecule has 0 aromatic heterocycles. The topological polar surface area (TPSA) is 85.3 Å². The summed E-state index contributed by atoms with van der Waals surface area (Å²) in [6.45, 7) is 9.25. The van der Waals surface area contributed by atoms with Crippen LogP contribution in [0.15, 0.2) is 72.3 Å². The fourth-order valence-corrected chi connectivity index (χ4v) is 4.60. The van der Waals surface area contributed by atoms with Gasteiger partial charge in [-0.2, -0.15) is 0 Å². The third-order valence-electron chi connectivity index (χ3n) is 6.58. The van der Waals surface area contributed by atoms with Crippen molar-refractivity contribution in [1.29, 1.82) is 0 Å². The van der Waals surface area contributed by atoms with E-state index in [0.29, 0.717) is 41.8 Å². The smallest absolute Gasteiger partial charge is 0.295 e. The van der Waals surface area contributed by atoms with E-state index in [1.54, 1.807) is 37.4 Å². The highest BCUT2D eigenvalue weighted by atomic mass is 16.5. The quantitative estimate of drug-likeness (QED) is 0.195. The van der Waals surface area contributed by atoms with Crippen LogP contribution in [0.2, 0.25) is 0 Å². The van der Waals surface area contributed by atoms with Crippen LogP contribution >= 0.6 is 0 Å². The second-order valence-corrected chi connectivity index (χ2v) is 9.96. The number of aliphatic hydroxyl groups excluding tert-OH is 1. The molecule has 39 heavy (non-hydrogen) atoms. The molecule has 1 aliphatic heterocycles. The molecule has 1 aliphatic rings. The SMILES string of the molecule is CCOc1ccc(CN2C(=O)C(=O)/C(=C(\O)c3ccc(OCC(C)C)c(C)c3)C2c2ccc(OC)cc2)cc1. The first-order chi connectivity index (χ1) is 18.7. The average Bonchev–Trinajstić information content (AvgIpc) is 3.18. The second kappa shape index (κ2) is 12.1. The Balaban J connectivity index is 1.76. The van der Waals surface area contributed by atoms with Crippen molar-refractivity contribution in [1.82, 2.24) is 4.90 Å². The molecule has 1 atom stereocenters. The number of amides is 1. The lowest BCUT2D eigenvalue weighted by Gasteiger charge is -2.25. The Morgan fingerprint density at radius 1 is 0.949 bits per heavy atom. The number of nitrogens with zero attached hydrogens (tertiary/aromatic N) is 1. The van der Waals surface area contributed by atoms with Crippen LogP contribution in [0, 0.1) is 12.8 Å². The number of hydrogen-bond acceptors (Lipinski definition) is 6. The number of aliphatic hydroxyl groups is 1. The van der Waals surface area contributed by atoms with Crippen LogP contribution < -0.4 is 14.2 Å². The van der Waals surface area contributed by atoms with Gasteiger partial charge in [0.2, 0.25) is 0 Å². The zero-order valence-electron chi connectivity index (χ0n) is 23.1. The van der Waals surface area contributed by atoms with E-state index in [0.717, 1.165) is 16.9 Å². The van der Waals surface area contributed by atoms with Crippen LogP contribution in [-0.2, 0) is 16.1 Å². The van der Waals surface area contributed by atoms with Gasteiger partial charge in [0.1, 0.15) is 23.0 Å². The fraction of sp³-hybridized carbons (Fsp3) is 0.312. The van der Waals surface area contributed by atoms with Gasteiger partial charge in [0.15, 0.2) is 0 Å². The molecular formula is C32H35NO6. The molecule has 7 heteroatoms. The zero-order valence-corrected chi connectivity index (χ0v) is 23.1. The molecule has 1 heterocycles. The molecule has 204 valence electrons. The standard InChI is InChI=1S/C32H35NO6/c1-6-38-26-12-7-22(8-13-26)18-33-29(23-9-14-25(37-5)15-10-23)28(31(35)32(33)36)30(34)24-11-16-27(21(4)17-24)39-19-20(2)3/h7-17,20,29,34H,6,18-19H2,1-5H3/b30-28-. The van der Waals surface area contributed by atoms with E-state index < -0.39 is 17.7 Å². The van der Waals surface area contributed by atoms with Crippen LogP contribution in [0.3, 0.4) is 0 Å². The predicted molar refractivity (Wildman–Crippen MR) is 150 cm³/mol. The molecule has 3 aromatic carbocycles. The van der Waals surface area contributed by atoms with E-state index in [2.05, 4.69) is 13.8 Å². The van der Waals surface area contributed by atoms with E-state index in [9.17, 15) is 14.7 Å². The number of ketones is 1. The van der Waals surface area contributed by atoms with Crippen LogP contribution in [-0.4, -0.2) is 42.0 Å². The van der Waals surface area contributed by atoms with Gasteiger partial charge < -0.3 is 24.2 Å². The Kier molecular flexibility index (Phi) is 8.59. The Morgan fingerprint density at radius 3 is 2.21 bits per heavy atom. The van der Waals surface area contributed by atoms with Crippen molar-refractivity contribution in [3.8, 4) is 17.2 Å². The molecule has 1 N–H and O–H groups in total. The molecule has 0 radical (unpaired) electrons. The van der Waals surface area contributed by atoms with Crippen molar-refractivity contribution >= 4 is 17.4 Å². The Morgan fingerprint density at radius 2 is 1.62 bits per heavy atom. The summed E-state index contributed by atoms with van der Waals surface area (Å²) in [7, 11) is 1.57. The minimum atomic E-state index is -0.778. The van der Waals surface area contributed by atoms with Crippen molar-refractivity contribution in [2.75, 3.05) is 20.3 Å². The van der Waals surface area contributed by atoms with Crippen LogP contribution in [0.4, 0.5) is 0 Å². The van der Waals surface area contributed by atoms with E-state index >= 15 is 0 Å². The normalized spacial score (nSPS) is 16.6. The third-order valence-corrected chi connectivity index (χ3v) is 6.58. The number of aryl methyl sites for hydroxylation is 1. The van der Waals surface area contributed by atoms with Gasteiger partial charge in [-0.25, -0.2) is 0 Å². The van der Waals surface area contributed by atoms with Gasteiger partial charge in [0, 0.05) is 12.1 Å². The lowest BCUT2D eigenvalue weighted by molar-refractivity contribution is -0.140. The first-order valence-corrected chi connectivity index (χ1v) is 13.1. The van der Waals surface area contributed by atoms with Crippen molar-refractivity contribution in [2.24, 2.45) is 5.92 Å². The number of hydrogen-bond donors (Lipinski definition) is 1. The van der Waals surface area contributed by atoms with Crippen molar-refractivity contribution in [3.63, 3.8) is 0 Å². The Labute approximate surface area is 229 Å². The van der Waals surface area contributed by atoms with E-state index in [-0.39, 0.29) is 17.9 Å². The monoisotopic (exact) mass is 529 g/mol. The maximum atomic E-state index is 13.4. The number of Topliss-reactive ketones (excluding diaryl/α,β-unsaturated/α-hetero) is 1. The second-order valence-electron chi connectivity index (χ2n) is 9.96. The van der Waals surface area contributed by atoms with Crippen molar-refractivity contribution in [2.45, 2.75) is 40.3 Å². The molecule has 0 spiro atoms. The largest absolute Gasteiger partial charge is 0.507 e. The van der Waals surface area contributed by atoms with Crippen LogP contribution in [0.25, 0.3) is 5.76 Å². The van der Waals surface area contributed by atoms with E-state index in [1.165, 1.54) is 4.90 Å². The number of methoxy groups -OCH3 is 1. The summed E-state index contributed by atoms with van der Waals surface area (Å²) < 4.78 is 16.7. The maximum absolute atomic E-state index is 13.4. The highest BCUT2D eigenvalue weighted by molar-refractivity contribution is 6.46. The van der Waals surface area contributed by atoms with E-state index in [1.807, 2.05) is 50.2 Å². The molecule has 7 nitrogen and oxygen atoms in total. The minimum Gasteiger partial charge on any atom is -0.507 e.